The molecule has 4 aromatic rings. The van der Waals surface area contributed by atoms with Crippen molar-refractivity contribution in [3.63, 3.8) is 0 Å². The van der Waals surface area contributed by atoms with Crippen LogP contribution in [-0.2, 0) is 27.4 Å². The van der Waals surface area contributed by atoms with Gasteiger partial charge in [-0.05, 0) is 60.0 Å². The first-order valence-electron chi connectivity index (χ1n) is 11.7. The maximum Gasteiger partial charge on any atom is 0.248 e. The number of nitrogens with one attached hydrogen (secondary N) is 1. The maximum atomic E-state index is 13.7. The lowest BCUT2D eigenvalue weighted by atomic mass is 10.1. The van der Waals surface area contributed by atoms with Crippen LogP contribution < -0.4 is 5.32 Å². The van der Waals surface area contributed by atoms with Gasteiger partial charge in [-0.2, -0.15) is 4.80 Å². The average Bonchev–Trinajstić information content (AvgIpc) is 3.68. The minimum atomic E-state index is -0.795. The number of aromatic nitrogens is 4. The summed E-state index contributed by atoms with van der Waals surface area (Å²) < 4.78 is 11.2. The fraction of sp³-hybridized carbons (Fsp3) is 0.375. The highest BCUT2D eigenvalue weighted by Gasteiger charge is 2.33. The second-order valence-electron chi connectivity index (χ2n) is 8.45. The molecule has 1 fully saturated rings. The second-order valence-corrected chi connectivity index (χ2v) is 10.5. The summed E-state index contributed by atoms with van der Waals surface area (Å²) in [6.07, 6.45) is 1.90. The van der Waals surface area contributed by atoms with Gasteiger partial charge in [-0.25, -0.2) is 0 Å². The number of carbonyl (C=O) groups is 2. The van der Waals surface area contributed by atoms with Gasteiger partial charge in [-0.3, -0.25) is 9.59 Å². The summed E-state index contributed by atoms with van der Waals surface area (Å²) in [5.41, 5.74) is 0. The predicted octanol–water partition coefficient (Wildman–Crippen LogP) is 3.43. The molecule has 1 aliphatic rings. The topological polar surface area (TPSA) is 115 Å². The molecule has 1 aliphatic heterocycles. The molecule has 5 rings (SSSR count). The number of aryl methyl sites for hydroxylation is 1. The first kappa shape index (κ1) is 24.3. The van der Waals surface area contributed by atoms with Crippen LogP contribution in [-0.4, -0.2) is 56.2 Å². The van der Waals surface area contributed by atoms with Gasteiger partial charge in [0.1, 0.15) is 18.3 Å². The lowest BCUT2D eigenvalue weighted by Crippen LogP contribution is -2.45. The van der Waals surface area contributed by atoms with Crippen LogP contribution in [0.25, 0.3) is 11.6 Å². The molecular formula is C24H26N6O4S2. The van der Waals surface area contributed by atoms with Gasteiger partial charge < -0.3 is 19.4 Å². The Bertz CT molecular complexity index is 1280. The smallest absolute Gasteiger partial charge is 0.248 e. The zero-order chi connectivity index (χ0) is 24.9. The van der Waals surface area contributed by atoms with Crippen molar-refractivity contribution in [1.82, 2.24) is 30.4 Å². The van der Waals surface area contributed by atoms with Gasteiger partial charge >= 0.3 is 0 Å². The van der Waals surface area contributed by atoms with Crippen LogP contribution in [0.5, 0.6) is 0 Å². The normalized spacial score (nSPS) is 16.2. The first-order valence-corrected chi connectivity index (χ1v) is 13.4. The summed E-state index contributed by atoms with van der Waals surface area (Å²) >= 11 is 2.97. The van der Waals surface area contributed by atoms with Gasteiger partial charge in [0, 0.05) is 22.9 Å². The van der Waals surface area contributed by atoms with Crippen LogP contribution in [0.3, 0.4) is 0 Å². The third-order valence-electron chi connectivity index (χ3n) is 5.82. The van der Waals surface area contributed by atoms with Crippen LogP contribution in [0, 0.1) is 6.92 Å². The Kier molecular flexibility index (Phi) is 7.54. The molecular weight excluding hydrogens is 500 g/mol. The fourth-order valence-electron chi connectivity index (χ4n) is 4.06. The van der Waals surface area contributed by atoms with Crippen LogP contribution in [0.15, 0.2) is 51.6 Å². The van der Waals surface area contributed by atoms with E-state index in [4.69, 9.17) is 9.15 Å². The van der Waals surface area contributed by atoms with E-state index < -0.39 is 6.04 Å². The number of nitrogens with zero attached hydrogens (tertiary/aromatic N) is 5. The van der Waals surface area contributed by atoms with Gasteiger partial charge in [0.2, 0.25) is 17.6 Å². The number of thiophene rings is 2. The number of amides is 2. The van der Waals surface area contributed by atoms with E-state index in [-0.39, 0.29) is 31.0 Å². The van der Waals surface area contributed by atoms with Crippen LogP contribution in [0.1, 0.15) is 34.4 Å². The lowest BCUT2D eigenvalue weighted by Gasteiger charge is -2.30. The van der Waals surface area contributed by atoms with Gasteiger partial charge in [-0.1, -0.05) is 12.1 Å². The monoisotopic (exact) mass is 526 g/mol. The Labute approximate surface area is 215 Å². The van der Waals surface area contributed by atoms with E-state index in [0.29, 0.717) is 24.7 Å². The maximum absolute atomic E-state index is 13.7. The zero-order valence-corrected chi connectivity index (χ0v) is 21.3. The number of tetrazole rings is 1. The summed E-state index contributed by atoms with van der Waals surface area (Å²) in [6, 6.07) is 10.4. The van der Waals surface area contributed by atoms with E-state index in [1.54, 1.807) is 11.0 Å². The highest BCUT2D eigenvalue weighted by molar-refractivity contribution is 7.10. The Balaban J connectivity index is 1.38. The van der Waals surface area contributed by atoms with Crippen molar-refractivity contribution in [3.8, 4) is 11.6 Å². The third-order valence-corrected chi connectivity index (χ3v) is 7.60. The molecule has 2 amide bonds. The van der Waals surface area contributed by atoms with Gasteiger partial charge in [0.05, 0.1) is 12.6 Å². The molecule has 4 aromatic heterocycles. The molecule has 0 radical (unpaired) electrons. The van der Waals surface area contributed by atoms with Gasteiger partial charge in [-0.15, -0.1) is 32.9 Å². The van der Waals surface area contributed by atoms with Crippen molar-refractivity contribution in [2.75, 3.05) is 13.2 Å². The third kappa shape index (κ3) is 5.72. The number of furan rings is 1. The minimum Gasteiger partial charge on any atom is -0.458 e. The molecule has 0 unspecified atom stereocenters. The summed E-state index contributed by atoms with van der Waals surface area (Å²) in [6.45, 7) is 3.07. The highest BCUT2D eigenvalue weighted by Crippen LogP contribution is 2.29. The average molecular weight is 527 g/mol. The highest BCUT2D eigenvalue weighted by atomic mass is 32.1. The largest absolute Gasteiger partial charge is 0.458 e. The number of hydrogen-bond donors (Lipinski definition) is 1. The van der Waals surface area contributed by atoms with E-state index in [2.05, 4.69) is 20.7 Å². The molecule has 2 atom stereocenters. The molecule has 0 saturated carbocycles. The molecule has 0 spiro atoms. The summed E-state index contributed by atoms with van der Waals surface area (Å²) in [5.74, 6) is 0.966. The van der Waals surface area contributed by atoms with E-state index in [1.165, 1.54) is 27.5 Å². The Morgan fingerprint density at radius 3 is 2.78 bits per heavy atom. The number of carbonyl (C=O) groups excluding carboxylic acids is 2. The Morgan fingerprint density at radius 2 is 2.08 bits per heavy atom. The zero-order valence-electron chi connectivity index (χ0n) is 19.7. The molecule has 188 valence electrons. The van der Waals surface area contributed by atoms with E-state index >= 15 is 0 Å². The molecule has 1 saturated heterocycles. The van der Waals surface area contributed by atoms with E-state index in [9.17, 15) is 9.59 Å². The lowest BCUT2D eigenvalue weighted by molar-refractivity contribution is -0.142. The fourth-order valence-corrected chi connectivity index (χ4v) is 5.59. The van der Waals surface area contributed by atoms with Crippen molar-refractivity contribution < 1.29 is 18.7 Å². The summed E-state index contributed by atoms with van der Waals surface area (Å²) in [5, 5.41) is 19.2. The van der Waals surface area contributed by atoms with Crippen LogP contribution in [0.4, 0.5) is 0 Å². The Morgan fingerprint density at radius 1 is 1.22 bits per heavy atom. The molecule has 12 heteroatoms. The number of rotatable bonds is 10. The first-order chi connectivity index (χ1) is 17.6. The predicted molar refractivity (Wildman–Crippen MR) is 134 cm³/mol. The molecule has 1 N–H and O–H groups in total. The Hall–Kier alpha value is -3.35. The van der Waals surface area contributed by atoms with Crippen molar-refractivity contribution >= 4 is 34.5 Å². The van der Waals surface area contributed by atoms with Gasteiger partial charge in [0.15, 0.2) is 5.76 Å². The quantitative estimate of drug-likeness (QED) is 0.337. The number of hydrogen-bond acceptors (Lipinski definition) is 9. The molecule has 36 heavy (non-hydrogen) atoms. The molecule has 5 heterocycles. The molecule has 0 aromatic carbocycles. The van der Waals surface area contributed by atoms with Crippen LogP contribution >= 0.6 is 22.7 Å². The van der Waals surface area contributed by atoms with Crippen molar-refractivity contribution in [1.29, 1.82) is 0 Å². The number of ether oxygens (including phenoxy) is 1. The minimum absolute atomic E-state index is 0.00221. The van der Waals surface area contributed by atoms with Crippen molar-refractivity contribution in [2.24, 2.45) is 0 Å². The molecule has 0 aliphatic carbocycles. The van der Waals surface area contributed by atoms with Crippen molar-refractivity contribution in [2.45, 2.75) is 45.0 Å². The summed E-state index contributed by atoms with van der Waals surface area (Å²) in [4.78, 5) is 31.7. The second kappa shape index (κ2) is 11.1. The molecule has 10 nitrogen and oxygen atoms in total. The van der Waals surface area contributed by atoms with E-state index in [1.807, 2.05) is 48.0 Å². The van der Waals surface area contributed by atoms with Crippen molar-refractivity contribution in [3.05, 3.63) is 62.7 Å². The van der Waals surface area contributed by atoms with Crippen LogP contribution in [0.2, 0.25) is 0 Å². The standard InChI is InChI=1S/C24H26N6O4S2/c1-16-8-9-19(34-16)23-26-28-30(27-23)15-21(31)29(14-18-6-3-11-35-18)22(20-7-4-12-36-20)24(32)25-13-17-5-2-10-33-17/h3-4,6-9,11-12,17,22H,2,5,10,13-15H2,1H3,(H,25,32)/t17-,22-/m0/s1. The van der Waals surface area contributed by atoms with E-state index in [0.717, 1.165) is 28.4 Å². The molecule has 0 bridgehead atoms. The SMILES string of the molecule is Cc1ccc(-c2nnn(CC(=O)N(Cc3cccs3)[C@H](C(=O)NC[C@@H]3CCCO3)c3cccs3)n2)o1. The summed E-state index contributed by atoms with van der Waals surface area (Å²) in [7, 11) is 0. The van der Waals surface area contributed by atoms with Gasteiger partial charge in [0.25, 0.3) is 0 Å².